The quantitative estimate of drug-likeness (QED) is 0.909. The molecule has 1 fully saturated rings. The molecule has 0 bridgehead atoms. The van der Waals surface area contributed by atoms with Gasteiger partial charge in [-0.05, 0) is 38.0 Å². The Balaban J connectivity index is 1.95. The maximum absolute atomic E-state index is 12.2. The fourth-order valence-corrected chi connectivity index (χ4v) is 4.04. The maximum Gasteiger partial charge on any atom is 0.241 e. The van der Waals surface area contributed by atoms with Crippen molar-refractivity contribution in [2.24, 2.45) is 11.8 Å². The highest BCUT2D eigenvalue weighted by Crippen LogP contribution is 2.32. The van der Waals surface area contributed by atoms with Crippen molar-refractivity contribution in [1.29, 1.82) is 0 Å². The van der Waals surface area contributed by atoms with E-state index in [1.54, 1.807) is 6.92 Å². The van der Waals surface area contributed by atoms with Crippen LogP contribution in [0.15, 0.2) is 4.52 Å². The van der Waals surface area contributed by atoms with E-state index in [-0.39, 0.29) is 11.8 Å². The monoisotopic (exact) mass is 287 g/mol. The highest BCUT2D eigenvalue weighted by molar-refractivity contribution is 7.90. The van der Waals surface area contributed by atoms with Gasteiger partial charge < -0.3 is 4.52 Å². The third kappa shape index (κ3) is 3.54. The fourth-order valence-electron chi connectivity index (χ4n) is 2.47. The summed E-state index contributed by atoms with van der Waals surface area (Å²) in [6, 6.07) is 0. The van der Waals surface area contributed by atoms with Crippen LogP contribution in [0.4, 0.5) is 0 Å². The van der Waals surface area contributed by atoms with Gasteiger partial charge in [-0.15, -0.1) is 0 Å². The van der Waals surface area contributed by atoms with Crippen LogP contribution in [-0.4, -0.2) is 23.8 Å². The van der Waals surface area contributed by atoms with Gasteiger partial charge >= 0.3 is 0 Å². The molecular weight excluding hydrogens is 266 g/mol. The Bertz CT molecular complexity index is 526. The SMILES string of the molecule is Cc1noc(CNS(=O)(=O)C2CCC(C)C(C)C2)n1. The highest BCUT2D eigenvalue weighted by atomic mass is 32.2. The van der Waals surface area contributed by atoms with Crippen LogP contribution in [-0.2, 0) is 16.6 Å². The minimum Gasteiger partial charge on any atom is -0.338 e. The van der Waals surface area contributed by atoms with E-state index in [9.17, 15) is 8.42 Å². The predicted molar refractivity (Wildman–Crippen MR) is 70.8 cm³/mol. The van der Waals surface area contributed by atoms with Crippen molar-refractivity contribution in [3.8, 4) is 0 Å². The van der Waals surface area contributed by atoms with Gasteiger partial charge in [-0.1, -0.05) is 19.0 Å². The van der Waals surface area contributed by atoms with Crippen molar-refractivity contribution in [2.45, 2.75) is 51.8 Å². The van der Waals surface area contributed by atoms with Gasteiger partial charge in [-0.3, -0.25) is 0 Å². The summed E-state index contributed by atoms with van der Waals surface area (Å²) >= 11 is 0. The molecule has 0 aliphatic heterocycles. The van der Waals surface area contributed by atoms with E-state index >= 15 is 0 Å². The Hall–Kier alpha value is -0.950. The van der Waals surface area contributed by atoms with Gasteiger partial charge in [0.1, 0.15) is 0 Å². The lowest BCUT2D eigenvalue weighted by Crippen LogP contribution is -2.38. The van der Waals surface area contributed by atoms with E-state index in [4.69, 9.17) is 4.52 Å². The molecule has 1 aliphatic carbocycles. The number of rotatable bonds is 4. The minimum atomic E-state index is -3.31. The van der Waals surface area contributed by atoms with Crippen LogP contribution >= 0.6 is 0 Å². The number of nitrogens with one attached hydrogen (secondary N) is 1. The second kappa shape index (κ2) is 5.58. The van der Waals surface area contributed by atoms with Crippen molar-refractivity contribution < 1.29 is 12.9 Å². The summed E-state index contributed by atoms with van der Waals surface area (Å²) in [5.41, 5.74) is 0. The zero-order chi connectivity index (χ0) is 14.0. The number of aromatic nitrogens is 2. The Morgan fingerprint density at radius 2 is 2.05 bits per heavy atom. The Labute approximate surface area is 114 Å². The Kier molecular flexibility index (Phi) is 4.25. The third-order valence-electron chi connectivity index (χ3n) is 3.98. The van der Waals surface area contributed by atoms with Crippen molar-refractivity contribution in [3.05, 3.63) is 11.7 Å². The molecule has 0 spiro atoms. The molecule has 2 rings (SSSR count). The van der Waals surface area contributed by atoms with Crippen LogP contribution in [0.25, 0.3) is 0 Å². The molecule has 3 atom stereocenters. The van der Waals surface area contributed by atoms with E-state index in [1.165, 1.54) is 0 Å². The summed E-state index contributed by atoms with van der Waals surface area (Å²) in [4.78, 5) is 3.98. The molecule has 1 aromatic rings. The van der Waals surface area contributed by atoms with Gasteiger partial charge in [0.25, 0.3) is 0 Å². The Morgan fingerprint density at radius 3 is 2.63 bits per heavy atom. The van der Waals surface area contributed by atoms with E-state index in [0.29, 0.717) is 23.6 Å². The minimum absolute atomic E-state index is 0.0730. The summed E-state index contributed by atoms with van der Waals surface area (Å²) < 4.78 is 31.9. The number of aryl methyl sites for hydroxylation is 1. The second-order valence-electron chi connectivity index (χ2n) is 5.49. The normalized spacial score (nSPS) is 28.5. The standard InChI is InChI=1S/C12H21N3O3S/c1-8-4-5-11(6-9(8)2)19(16,17)13-7-12-14-10(3)15-18-12/h8-9,11,13H,4-7H2,1-3H3. The van der Waals surface area contributed by atoms with Gasteiger partial charge in [-0.25, -0.2) is 13.1 Å². The third-order valence-corrected chi connectivity index (χ3v) is 5.84. The van der Waals surface area contributed by atoms with Crippen LogP contribution < -0.4 is 4.72 Å². The summed E-state index contributed by atoms with van der Waals surface area (Å²) in [6.07, 6.45) is 2.41. The molecule has 0 radical (unpaired) electrons. The molecular formula is C12H21N3O3S. The van der Waals surface area contributed by atoms with E-state index in [0.717, 1.165) is 19.3 Å². The van der Waals surface area contributed by atoms with Crippen LogP contribution in [0.1, 0.15) is 44.8 Å². The summed E-state index contributed by atoms with van der Waals surface area (Å²) in [5, 5.41) is 3.33. The first-order valence-corrected chi connectivity index (χ1v) is 8.21. The van der Waals surface area contributed by atoms with E-state index < -0.39 is 10.0 Å². The number of nitrogens with zero attached hydrogens (tertiary/aromatic N) is 2. The molecule has 1 aromatic heterocycles. The average Bonchev–Trinajstić information content (AvgIpc) is 2.76. The number of sulfonamides is 1. The molecule has 1 heterocycles. The molecule has 0 aromatic carbocycles. The molecule has 7 heteroatoms. The smallest absolute Gasteiger partial charge is 0.241 e. The first-order chi connectivity index (χ1) is 8.88. The summed E-state index contributed by atoms with van der Waals surface area (Å²) in [6.45, 7) is 6.07. The molecule has 19 heavy (non-hydrogen) atoms. The second-order valence-corrected chi connectivity index (χ2v) is 7.54. The molecule has 0 amide bonds. The van der Waals surface area contributed by atoms with Gasteiger partial charge in [-0.2, -0.15) is 4.98 Å². The molecule has 1 N–H and O–H groups in total. The van der Waals surface area contributed by atoms with Gasteiger partial charge in [0, 0.05) is 0 Å². The summed E-state index contributed by atoms with van der Waals surface area (Å²) in [5.74, 6) is 1.86. The fraction of sp³-hybridized carbons (Fsp3) is 0.833. The number of hydrogen-bond donors (Lipinski definition) is 1. The Morgan fingerprint density at radius 1 is 1.32 bits per heavy atom. The topological polar surface area (TPSA) is 85.1 Å². The zero-order valence-corrected chi connectivity index (χ0v) is 12.4. The number of hydrogen-bond acceptors (Lipinski definition) is 5. The van der Waals surface area contributed by atoms with Crippen molar-refractivity contribution >= 4 is 10.0 Å². The maximum atomic E-state index is 12.2. The van der Waals surface area contributed by atoms with Crippen molar-refractivity contribution in [2.75, 3.05) is 0 Å². The largest absolute Gasteiger partial charge is 0.338 e. The molecule has 3 unspecified atom stereocenters. The zero-order valence-electron chi connectivity index (χ0n) is 11.6. The van der Waals surface area contributed by atoms with E-state index in [1.807, 2.05) is 0 Å². The first-order valence-electron chi connectivity index (χ1n) is 6.66. The van der Waals surface area contributed by atoms with E-state index in [2.05, 4.69) is 28.7 Å². The highest BCUT2D eigenvalue weighted by Gasteiger charge is 2.33. The molecule has 1 saturated carbocycles. The van der Waals surface area contributed by atoms with Gasteiger partial charge in [0.2, 0.25) is 15.9 Å². The van der Waals surface area contributed by atoms with Gasteiger partial charge in [0.05, 0.1) is 11.8 Å². The van der Waals surface area contributed by atoms with Crippen LogP contribution in [0.2, 0.25) is 0 Å². The van der Waals surface area contributed by atoms with Crippen molar-refractivity contribution in [1.82, 2.24) is 14.9 Å². The molecule has 108 valence electrons. The lowest BCUT2D eigenvalue weighted by atomic mass is 9.81. The van der Waals surface area contributed by atoms with Gasteiger partial charge in [0.15, 0.2) is 5.82 Å². The summed E-state index contributed by atoms with van der Waals surface area (Å²) in [7, 11) is -3.31. The average molecular weight is 287 g/mol. The van der Waals surface area contributed by atoms with Crippen LogP contribution in [0.5, 0.6) is 0 Å². The lowest BCUT2D eigenvalue weighted by Gasteiger charge is -2.31. The lowest BCUT2D eigenvalue weighted by molar-refractivity contribution is 0.277. The molecule has 1 aliphatic rings. The van der Waals surface area contributed by atoms with Crippen LogP contribution in [0, 0.1) is 18.8 Å². The first kappa shape index (κ1) is 14.5. The van der Waals surface area contributed by atoms with Crippen LogP contribution in [0.3, 0.4) is 0 Å². The predicted octanol–water partition coefficient (Wildman–Crippen LogP) is 1.62. The van der Waals surface area contributed by atoms with Crippen molar-refractivity contribution in [3.63, 3.8) is 0 Å². The molecule has 0 saturated heterocycles. The molecule has 6 nitrogen and oxygen atoms in total.